The fourth-order valence-electron chi connectivity index (χ4n) is 1.30. The van der Waals surface area contributed by atoms with Crippen molar-refractivity contribution in [3.05, 3.63) is 29.3 Å². The largest absolute Gasteiger partial charge is 0.479 e. The van der Waals surface area contributed by atoms with Gasteiger partial charge >= 0.3 is 12.0 Å². The molecule has 21 heavy (non-hydrogen) atoms. The first-order valence-electron chi connectivity index (χ1n) is 5.41. The first kappa shape index (κ1) is 16.7. The van der Waals surface area contributed by atoms with Gasteiger partial charge in [-0.2, -0.15) is 0 Å². The zero-order valence-electron chi connectivity index (χ0n) is 10.5. The van der Waals surface area contributed by atoms with Crippen molar-refractivity contribution in [1.82, 2.24) is 5.32 Å². The maximum absolute atomic E-state index is 13.3. The topological polar surface area (TPSA) is 87.7 Å². The number of carboxylic acid groups (broad SMARTS) is 1. The number of rotatable bonds is 5. The molecule has 0 bridgehead atoms. The third-order valence-corrected chi connectivity index (χ3v) is 2.36. The number of benzene rings is 1. The maximum Gasteiger partial charge on any atom is 0.334 e. The lowest BCUT2D eigenvalue weighted by Gasteiger charge is -2.13. The van der Waals surface area contributed by atoms with Crippen LogP contribution >= 0.6 is 0 Å². The molecule has 0 radical (unpaired) electrons. The molecule has 0 aliphatic heterocycles. The Hall–Kier alpha value is -2.36. The predicted molar refractivity (Wildman–Crippen MR) is 61.7 cm³/mol. The van der Waals surface area contributed by atoms with E-state index in [1.807, 2.05) is 5.32 Å². The van der Waals surface area contributed by atoms with Crippen LogP contribution in [0, 0.1) is 23.3 Å². The van der Waals surface area contributed by atoms with Crippen LogP contribution in [0.4, 0.5) is 28.0 Å². The fourth-order valence-corrected chi connectivity index (χ4v) is 1.30. The smallest absolute Gasteiger partial charge is 0.334 e. The van der Waals surface area contributed by atoms with E-state index in [2.05, 4.69) is 4.74 Å². The molecule has 1 atom stereocenters. The van der Waals surface area contributed by atoms with Crippen molar-refractivity contribution in [2.75, 3.05) is 19.0 Å². The summed E-state index contributed by atoms with van der Waals surface area (Å²) in [5.41, 5.74) is -1.32. The number of carbonyl (C=O) groups is 2. The van der Waals surface area contributed by atoms with E-state index in [9.17, 15) is 27.2 Å². The van der Waals surface area contributed by atoms with Gasteiger partial charge < -0.3 is 20.5 Å². The number of amides is 2. The van der Waals surface area contributed by atoms with Crippen molar-refractivity contribution < 1.29 is 37.0 Å². The first-order chi connectivity index (χ1) is 9.77. The summed E-state index contributed by atoms with van der Waals surface area (Å²) in [4.78, 5) is 21.9. The van der Waals surface area contributed by atoms with Crippen molar-refractivity contribution in [1.29, 1.82) is 0 Å². The first-order valence-corrected chi connectivity index (χ1v) is 5.41. The molecule has 116 valence electrons. The minimum atomic E-state index is -1.79. The Morgan fingerprint density at radius 2 is 1.76 bits per heavy atom. The molecule has 0 aliphatic rings. The van der Waals surface area contributed by atoms with Crippen LogP contribution in [0.15, 0.2) is 6.07 Å². The highest BCUT2D eigenvalue weighted by Gasteiger charge is 2.22. The molecule has 3 N–H and O–H groups in total. The zero-order chi connectivity index (χ0) is 16.2. The lowest BCUT2D eigenvalue weighted by atomic mass is 10.2. The van der Waals surface area contributed by atoms with Crippen LogP contribution in [-0.2, 0) is 9.53 Å². The van der Waals surface area contributed by atoms with E-state index in [-0.39, 0.29) is 6.07 Å². The normalized spacial score (nSPS) is 11.9. The van der Waals surface area contributed by atoms with Gasteiger partial charge in [-0.25, -0.2) is 27.2 Å². The number of ether oxygens (including phenoxy) is 1. The van der Waals surface area contributed by atoms with Gasteiger partial charge in [0, 0.05) is 13.2 Å². The third-order valence-electron chi connectivity index (χ3n) is 2.36. The number of carbonyl (C=O) groups excluding carboxylic acids is 1. The monoisotopic (exact) mass is 310 g/mol. The predicted octanol–water partition coefficient (Wildman–Crippen LogP) is 1.46. The second kappa shape index (κ2) is 6.88. The molecule has 0 aliphatic carbocycles. The Balaban J connectivity index is 2.78. The highest BCUT2D eigenvalue weighted by molar-refractivity contribution is 5.90. The van der Waals surface area contributed by atoms with Crippen molar-refractivity contribution in [3.8, 4) is 0 Å². The summed E-state index contributed by atoms with van der Waals surface area (Å²) in [7, 11) is 1.07. The molecular weight excluding hydrogens is 300 g/mol. The summed E-state index contributed by atoms with van der Waals surface area (Å²) in [5, 5.41) is 12.1. The van der Waals surface area contributed by atoms with E-state index in [0.29, 0.717) is 0 Å². The molecule has 0 aromatic heterocycles. The molecule has 2 amide bonds. The number of aliphatic carboxylic acids is 1. The zero-order valence-corrected chi connectivity index (χ0v) is 10.5. The van der Waals surface area contributed by atoms with E-state index in [4.69, 9.17) is 5.11 Å². The van der Waals surface area contributed by atoms with Gasteiger partial charge in [-0.3, -0.25) is 0 Å². The van der Waals surface area contributed by atoms with Crippen molar-refractivity contribution in [2.45, 2.75) is 6.10 Å². The van der Waals surface area contributed by atoms with Gasteiger partial charge in [0.2, 0.25) is 0 Å². The van der Waals surface area contributed by atoms with Crippen LogP contribution in [0.1, 0.15) is 0 Å². The number of hydrogen-bond donors (Lipinski definition) is 3. The summed E-state index contributed by atoms with van der Waals surface area (Å²) >= 11 is 0. The number of carboxylic acids is 1. The van der Waals surface area contributed by atoms with Crippen LogP contribution in [0.5, 0.6) is 0 Å². The third kappa shape index (κ3) is 4.05. The Labute approximate surface area is 115 Å². The van der Waals surface area contributed by atoms with Crippen LogP contribution in [0.3, 0.4) is 0 Å². The quantitative estimate of drug-likeness (QED) is 0.567. The van der Waals surface area contributed by atoms with Crippen LogP contribution in [0.25, 0.3) is 0 Å². The molecule has 6 nitrogen and oxygen atoms in total. The van der Waals surface area contributed by atoms with Crippen LogP contribution in [-0.4, -0.2) is 36.9 Å². The molecule has 10 heteroatoms. The fraction of sp³-hybridized carbons (Fsp3) is 0.273. The van der Waals surface area contributed by atoms with Crippen molar-refractivity contribution >= 4 is 17.7 Å². The van der Waals surface area contributed by atoms with E-state index >= 15 is 0 Å². The molecule has 1 aromatic carbocycles. The van der Waals surface area contributed by atoms with Gasteiger partial charge in [0.05, 0.1) is 6.54 Å². The minimum absolute atomic E-state index is 0.0147. The summed E-state index contributed by atoms with van der Waals surface area (Å²) < 4.78 is 56.8. The van der Waals surface area contributed by atoms with E-state index in [1.165, 1.54) is 0 Å². The summed E-state index contributed by atoms with van der Waals surface area (Å²) in [6.45, 7) is -0.529. The number of urea groups is 1. The van der Waals surface area contributed by atoms with Crippen LogP contribution < -0.4 is 10.6 Å². The Morgan fingerprint density at radius 1 is 1.24 bits per heavy atom. The molecular formula is C11H10F4N2O4. The number of halogens is 4. The molecule has 0 fully saturated rings. The van der Waals surface area contributed by atoms with Crippen LogP contribution in [0.2, 0.25) is 0 Å². The molecule has 0 heterocycles. The minimum Gasteiger partial charge on any atom is -0.479 e. The number of nitrogens with one attached hydrogen (secondary N) is 2. The Kier molecular flexibility index (Phi) is 5.47. The Bertz CT molecular complexity index is 541. The highest BCUT2D eigenvalue weighted by atomic mass is 19.2. The van der Waals surface area contributed by atoms with Gasteiger partial charge in [-0.1, -0.05) is 0 Å². The molecule has 0 saturated carbocycles. The van der Waals surface area contributed by atoms with Gasteiger partial charge in [0.25, 0.3) is 0 Å². The lowest BCUT2D eigenvalue weighted by Crippen LogP contribution is -2.40. The van der Waals surface area contributed by atoms with E-state index < -0.39 is 53.6 Å². The number of anilines is 1. The van der Waals surface area contributed by atoms with E-state index in [1.54, 1.807) is 5.32 Å². The molecule has 1 unspecified atom stereocenters. The van der Waals surface area contributed by atoms with E-state index in [0.717, 1.165) is 7.11 Å². The molecule has 0 spiro atoms. The average Bonchev–Trinajstić information content (AvgIpc) is 2.41. The summed E-state index contributed by atoms with van der Waals surface area (Å²) in [6.07, 6.45) is -1.39. The molecule has 0 saturated heterocycles. The van der Waals surface area contributed by atoms with Gasteiger partial charge in [-0.15, -0.1) is 0 Å². The number of hydrogen-bond acceptors (Lipinski definition) is 3. The molecule has 1 aromatic rings. The van der Waals surface area contributed by atoms with Gasteiger partial charge in [0.1, 0.15) is 5.69 Å². The average molecular weight is 310 g/mol. The van der Waals surface area contributed by atoms with Gasteiger partial charge in [0.15, 0.2) is 29.4 Å². The second-order valence-electron chi connectivity index (χ2n) is 3.74. The number of methoxy groups -OCH3 is 1. The van der Waals surface area contributed by atoms with Gasteiger partial charge in [-0.05, 0) is 0 Å². The maximum atomic E-state index is 13.3. The standard InChI is InChI=1S/C11H10F4N2O4/c1-21-6(10(18)19)3-16-11(20)17-9-7(14)4(12)2-5(13)8(9)15/h2,6H,3H2,1H3,(H,18,19)(H2,16,17,20). The van der Waals surface area contributed by atoms with Crippen molar-refractivity contribution in [2.24, 2.45) is 0 Å². The van der Waals surface area contributed by atoms with Crippen molar-refractivity contribution in [3.63, 3.8) is 0 Å². The highest BCUT2D eigenvalue weighted by Crippen LogP contribution is 2.23. The lowest BCUT2D eigenvalue weighted by molar-refractivity contribution is -0.147. The SMILES string of the molecule is COC(CNC(=O)Nc1c(F)c(F)cc(F)c1F)C(=O)O. The second-order valence-corrected chi connectivity index (χ2v) is 3.74. The molecule has 1 rings (SSSR count). The summed E-state index contributed by atoms with van der Waals surface area (Å²) in [5.74, 6) is -8.34. The Morgan fingerprint density at radius 3 is 2.19 bits per heavy atom. The summed E-state index contributed by atoms with van der Waals surface area (Å²) in [6, 6.07) is -1.28.